The fourth-order valence-corrected chi connectivity index (χ4v) is 1.42. The lowest BCUT2D eigenvalue weighted by Crippen LogP contribution is -2.55. The zero-order valence-electron chi connectivity index (χ0n) is 11.2. The van der Waals surface area contributed by atoms with Gasteiger partial charge < -0.3 is 40.8 Å². The number of rotatable bonds is 10. The van der Waals surface area contributed by atoms with Crippen molar-refractivity contribution in [1.82, 2.24) is 5.32 Å². The second kappa shape index (κ2) is 9.04. The van der Waals surface area contributed by atoms with Crippen LogP contribution in [-0.4, -0.2) is 85.2 Å². The molecule has 0 aliphatic heterocycles. The van der Waals surface area contributed by atoms with E-state index in [1.165, 1.54) is 0 Å². The molecule has 0 spiro atoms. The molecule has 0 saturated heterocycles. The number of carbonyl (C=O) groups is 4. The van der Waals surface area contributed by atoms with Gasteiger partial charge in [-0.2, -0.15) is 0 Å². The largest absolute Gasteiger partial charge is 0.480 e. The molecule has 0 bridgehead atoms. The summed E-state index contributed by atoms with van der Waals surface area (Å²) >= 11 is 0. The van der Waals surface area contributed by atoms with Crippen molar-refractivity contribution in [2.24, 2.45) is 0 Å². The van der Waals surface area contributed by atoms with E-state index in [0.717, 1.165) is 0 Å². The van der Waals surface area contributed by atoms with E-state index < -0.39 is 48.3 Å². The number of nitrogens with one attached hydrogen (secondary N) is 1. The zero-order chi connectivity index (χ0) is 17.4. The van der Waals surface area contributed by atoms with Crippen LogP contribution in [-0.2, 0) is 19.2 Å². The topological polar surface area (TPSA) is 202 Å². The van der Waals surface area contributed by atoms with E-state index in [9.17, 15) is 34.5 Å². The molecule has 22 heavy (non-hydrogen) atoms. The predicted octanol–water partition coefficient (Wildman–Crippen LogP) is -3.94. The number of carbonyl (C=O) groups excluding carboxylic acids is 2. The van der Waals surface area contributed by atoms with Crippen LogP contribution in [0.3, 0.4) is 0 Å². The molecule has 11 nitrogen and oxygen atoms in total. The average Bonchev–Trinajstić information content (AvgIpc) is 2.47. The van der Waals surface area contributed by atoms with Gasteiger partial charge in [-0.15, -0.1) is 0 Å². The number of aldehydes is 1. The Hall–Kier alpha value is -2.08. The molecule has 0 aromatic heterocycles. The minimum absolute atomic E-state index is 0.184. The van der Waals surface area contributed by atoms with Crippen molar-refractivity contribution >= 4 is 24.1 Å². The first kappa shape index (κ1) is 19.9. The van der Waals surface area contributed by atoms with Crippen molar-refractivity contribution < 1.29 is 49.8 Å². The standard InChI is InChI=1S/C11H17NO10/c13-3-1-2-4(10(19)20)12-9(18)7(16)5(14)6(15)8(17)11(21)22/h3-8,14-17H,1-2H2,(H,12,18)(H,19,20)(H,21,22)/t4-,5+,6-,7+,8+/m0/s1. The van der Waals surface area contributed by atoms with Crippen molar-refractivity contribution in [2.45, 2.75) is 43.3 Å². The summed E-state index contributed by atoms with van der Waals surface area (Å²) in [4.78, 5) is 43.0. The zero-order valence-corrected chi connectivity index (χ0v) is 11.2. The van der Waals surface area contributed by atoms with E-state index in [1.54, 1.807) is 0 Å². The lowest BCUT2D eigenvalue weighted by Gasteiger charge is -2.25. The number of carboxylic acids is 2. The van der Waals surface area contributed by atoms with Crippen molar-refractivity contribution in [1.29, 1.82) is 0 Å². The Bertz CT molecular complexity index is 425. The Kier molecular flexibility index (Phi) is 8.19. The number of aliphatic hydroxyl groups excluding tert-OH is 4. The summed E-state index contributed by atoms with van der Waals surface area (Å²) in [6.45, 7) is 0. The molecule has 0 aliphatic carbocycles. The summed E-state index contributed by atoms with van der Waals surface area (Å²) in [5.74, 6) is -4.81. The molecule has 11 heteroatoms. The molecule has 0 radical (unpaired) electrons. The maximum Gasteiger partial charge on any atom is 0.335 e. The minimum atomic E-state index is -2.46. The first-order valence-corrected chi connectivity index (χ1v) is 6.05. The van der Waals surface area contributed by atoms with Crippen LogP contribution in [0.5, 0.6) is 0 Å². The summed E-state index contributed by atoms with van der Waals surface area (Å²) in [6, 6.07) is -1.53. The molecule has 0 aromatic carbocycles. The van der Waals surface area contributed by atoms with Crippen LogP contribution in [0.1, 0.15) is 12.8 Å². The molecular formula is C11H17NO10. The Morgan fingerprint density at radius 3 is 1.82 bits per heavy atom. The molecule has 1 amide bonds. The fourth-order valence-electron chi connectivity index (χ4n) is 1.42. The molecule has 0 aromatic rings. The molecule has 0 saturated carbocycles. The Morgan fingerprint density at radius 1 is 0.909 bits per heavy atom. The van der Waals surface area contributed by atoms with E-state index in [1.807, 2.05) is 5.32 Å². The second-order valence-electron chi connectivity index (χ2n) is 4.35. The SMILES string of the molecule is O=CCC[C@H](NC(=O)[C@H](O)[C@H](O)[C@H](O)[C@@H](O)C(=O)O)C(=O)O. The van der Waals surface area contributed by atoms with Gasteiger partial charge in [0.15, 0.2) is 12.2 Å². The van der Waals surface area contributed by atoms with Gasteiger partial charge in [-0.3, -0.25) is 4.79 Å². The van der Waals surface area contributed by atoms with Crippen LogP contribution in [0.4, 0.5) is 0 Å². The molecule has 5 atom stereocenters. The van der Waals surface area contributed by atoms with Crippen LogP contribution >= 0.6 is 0 Å². The summed E-state index contributed by atoms with van der Waals surface area (Å²) in [7, 11) is 0. The average molecular weight is 323 g/mol. The molecule has 126 valence electrons. The molecule has 0 aliphatic rings. The Balaban J connectivity index is 4.78. The van der Waals surface area contributed by atoms with Crippen molar-refractivity contribution in [3.05, 3.63) is 0 Å². The third-order valence-corrected chi connectivity index (χ3v) is 2.71. The number of aliphatic carboxylic acids is 2. The molecule has 0 unspecified atom stereocenters. The first-order valence-electron chi connectivity index (χ1n) is 6.05. The quantitative estimate of drug-likeness (QED) is 0.194. The third-order valence-electron chi connectivity index (χ3n) is 2.71. The highest BCUT2D eigenvalue weighted by Gasteiger charge is 2.38. The smallest absolute Gasteiger partial charge is 0.335 e. The van der Waals surface area contributed by atoms with Gasteiger partial charge in [-0.1, -0.05) is 0 Å². The Labute approximate surface area is 123 Å². The van der Waals surface area contributed by atoms with Gasteiger partial charge in [0.1, 0.15) is 24.5 Å². The summed E-state index contributed by atoms with van der Waals surface area (Å²) < 4.78 is 0. The lowest BCUT2D eigenvalue weighted by atomic mass is 10.0. The van der Waals surface area contributed by atoms with E-state index >= 15 is 0 Å². The summed E-state index contributed by atoms with van der Waals surface area (Å²) in [6.07, 6.45) is -9.63. The van der Waals surface area contributed by atoms with Gasteiger partial charge in [0, 0.05) is 6.42 Å². The molecule has 0 heterocycles. The summed E-state index contributed by atoms with van der Waals surface area (Å²) in [5.41, 5.74) is 0. The number of hydrogen-bond acceptors (Lipinski definition) is 8. The van der Waals surface area contributed by atoms with E-state index in [2.05, 4.69) is 0 Å². The number of aliphatic hydroxyl groups is 4. The van der Waals surface area contributed by atoms with Crippen LogP contribution in [0.25, 0.3) is 0 Å². The Morgan fingerprint density at radius 2 is 1.41 bits per heavy atom. The monoisotopic (exact) mass is 323 g/mol. The number of hydrogen-bond donors (Lipinski definition) is 7. The van der Waals surface area contributed by atoms with Gasteiger partial charge >= 0.3 is 11.9 Å². The highest BCUT2D eigenvalue weighted by atomic mass is 16.4. The van der Waals surface area contributed by atoms with Gasteiger partial charge in [0.2, 0.25) is 0 Å². The van der Waals surface area contributed by atoms with Crippen LogP contribution in [0.15, 0.2) is 0 Å². The highest BCUT2D eigenvalue weighted by molar-refractivity contribution is 5.86. The maximum atomic E-state index is 11.5. The third kappa shape index (κ3) is 5.73. The van der Waals surface area contributed by atoms with Crippen molar-refractivity contribution in [2.75, 3.05) is 0 Å². The molecular weight excluding hydrogens is 306 g/mol. The second-order valence-corrected chi connectivity index (χ2v) is 4.35. The molecule has 0 fully saturated rings. The van der Waals surface area contributed by atoms with Crippen molar-refractivity contribution in [3.63, 3.8) is 0 Å². The first-order chi connectivity index (χ1) is 10.1. The molecule has 0 rings (SSSR count). The number of carboxylic acid groups (broad SMARTS) is 2. The van der Waals surface area contributed by atoms with Crippen LogP contribution in [0, 0.1) is 0 Å². The molecule has 7 N–H and O–H groups in total. The maximum absolute atomic E-state index is 11.5. The van der Waals surface area contributed by atoms with E-state index in [0.29, 0.717) is 6.29 Å². The predicted molar refractivity (Wildman–Crippen MR) is 66.5 cm³/mol. The minimum Gasteiger partial charge on any atom is -0.480 e. The summed E-state index contributed by atoms with van der Waals surface area (Å²) in [5, 5.41) is 56.2. The van der Waals surface area contributed by atoms with Gasteiger partial charge in [0.25, 0.3) is 5.91 Å². The highest BCUT2D eigenvalue weighted by Crippen LogP contribution is 2.07. The van der Waals surface area contributed by atoms with E-state index in [-0.39, 0.29) is 12.8 Å². The van der Waals surface area contributed by atoms with E-state index in [4.69, 9.17) is 15.3 Å². The number of amides is 1. The van der Waals surface area contributed by atoms with Crippen LogP contribution in [0.2, 0.25) is 0 Å². The van der Waals surface area contributed by atoms with Gasteiger partial charge in [0.05, 0.1) is 0 Å². The fraction of sp³-hybridized carbons (Fsp3) is 0.636. The van der Waals surface area contributed by atoms with Gasteiger partial charge in [-0.05, 0) is 6.42 Å². The normalized spacial score (nSPS) is 17.6. The van der Waals surface area contributed by atoms with Crippen LogP contribution < -0.4 is 5.32 Å². The lowest BCUT2D eigenvalue weighted by molar-refractivity contribution is -0.166. The van der Waals surface area contributed by atoms with Gasteiger partial charge in [-0.25, -0.2) is 9.59 Å². The van der Waals surface area contributed by atoms with Crippen molar-refractivity contribution in [3.8, 4) is 0 Å².